The molecule has 1 aliphatic carbocycles. The maximum atomic E-state index is 12.5. The summed E-state index contributed by atoms with van der Waals surface area (Å²) in [5, 5.41) is 19.8. The van der Waals surface area contributed by atoms with Crippen molar-refractivity contribution in [3.63, 3.8) is 0 Å². The van der Waals surface area contributed by atoms with Crippen molar-refractivity contribution in [1.82, 2.24) is 15.2 Å². The molecule has 0 bridgehead atoms. The normalized spacial score (nSPS) is 17.1. The van der Waals surface area contributed by atoms with E-state index >= 15 is 0 Å². The predicted molar refractivity (Wildman–Crippen MR) is 104 cm³/mol. The fourth-order valence-electron chi connectivity index (χ4n) is 3.07. The van der Waals surface area contributed by atoms with E-state index in [-0.39, 0.29) is 29.7 Å². The van der Waals surface area contributed by atoms with Gasteiger partial charge in [0.2, 0.25) is 5.88 Å². The SMILES string of the molecule is CN1CCC(O)=C(C(=O)NCC(=O)O)C1=O.Fc1ccc(OC2CCCCC2)nc1. The molecule has 1 fully saturated rings. The van der Waals surface area contributed by atoms with Gasteiger partial charge in [-0.1, -0.05) is 6.42 Å². The number of carbonyl (C=O) groups is 3. The summed E-state index contributed by atoms with van der Waals surface area (Å²) in [4.78, 5) is 38.3. The van der Waals surface area contributed by atoms with Crippen LogP contribution in [0.3, 0.4) is 0 Å². The van der Waals surface area contributed by atoms with Gasteiger partial charge < -0.3 is 25.2 Å². The van der Waals surface area contributed by atoms with Crippen LogP contribution in [-0.2, 0) is 14.4 Å². The Balaban J connectivity index is 0.000000215. The highest BCUT2D eigenvalue weighted by Crippen LogP contribution is 2.22. The molecule has 2 amide bonds. The van der Waals surface area contributed by atoms with Crippen molar-refractivity contribution in [2.45, 2.75) is 44.6 Å². The van der Waals surface area contributed by atoms with Gasteiger partial charge in [-0.25, -0.2) is 9.37 Å². The van der Waals surface area contributed by atoms with Crippen molar-refractivity contribution < 1.29 is 33.7 Å². The molecule has 164 valence electrons. The first-order chi connectivity index (χ1) is 14.3. The van der Waals surface area contributed by atoms with E-state index in [4.69, 9.17) is 9.84 Å². The number of pyridine rings is 1. The Bertz CT molecular complexity index is 790. The largest absolute Gasteiger partial charge is 0.511 e. The van der Waals surface area contributed by atoms with Gasteiger partial charge in [-0.05, 0) is 31.7 Å². The zero-order valence-corrected chi connectivity index (χ0v) is 16.8. The van der Waals surface area contributed by atoms with Crippen molar-refractivity contribution in [3.05, 3.63) is 35.5 Å². The van der Waals surface area contributed by atoms with E-state index in [1.54, 1.807) is 6.07 Å². The summed E-state index contributed by atoms with van der Waals surface area (Å²) >= 11 is 0. The lowest BCUT2D eigenvalue weighted by Crippen LogP contribution is -2.41. The number of aliphatic hydroxyl groups is 1. The van der Waals surface area contributed by atoms with Crippen molar-refractivity contribution in [2.75, 3.05) is 20.1 Å². The number of ether oxygens (including phenoxy) is 1. The predicted octanol–water partition coefficient (Wildman–Crippen LogP) is 1.79. The molecule has 1 aromatic heterocycles. The van der Waals surface area contributed by atoms with Gasteiger partial charge in [0.1, 0.15) is 29.8 Å². The molecule has 2 heterocycles. The number of aromatic nitrogens is 1. The third-order valence-corrected chi connectivity index (χ3v) is 4.70. The highest BCUT2D eigenvalue weighted by molar-refractivity contribution is 6.19. The number of amides is 2. The van der Waals surface area contributed by atoms with E-state index in [9.17, 15) is 23.9 Å². The Hall–Kier alpha value is -3.17. The van der Waals surface area contributed by atoms with Gasteiger partial charge in [-0.15, -0.1) is 0 Å². The van der Waals surface area contributed by atoms with Crippen molar-refractivity contribution in [3.8, 4) is 5.88 Å². The minimum atomic E-state index is -1.22. The average Bonchev–Trinajstić information content (AvgIpc) is 2.72. The van der Waals surface area contributed by atoms with E-state index in [0.717, 1.165) is 12.8 Å². The highest BCUT2D eigenvalue weighted by Gasteiger charge is 2.30. The summed E-state index contributed by atoms with van der Waals surface area (Å²) in [6, 6.07) is 2.97. The minimum Gasteiger partial charge on any atom is -0.511 e. The summed E-state index contributed by atoms with van der Waals surface area (Å²) in [6.07, 6.45) is 7.62. The molecule has 0 unspecified atom stereocenters. The zero-order valence-electron chi connectivity index (χ0n) is 16.8. The van der Waals surface area contributed by atoms with E-state index in [0.29, 0.717) is 12.4 Å². The number of likely N-dealkylation sites (N-methyl/N-ethyl adjacent to an activating group) is 1. The number of rotatable bonds is 5. The van der Waals surface area contributed by atoms with Crippen LogP contribution >= 0.6 is 0 Å². The molecule has 3 N–H and O–H groups in total. The van der Waals surface area contributed by atoms with Crippen molar-refractivity contribution in [2.24, 2.45) is 0 Å². The molecule has 0 saturated heterocycles. The second kappa shape index (κ2) is 11.1. The molecule has 30 heavy (non-hydrogen) atoms. The van der Waals surface area contributed by atoms with Gasteiger partial charge >= 0.3 is 5.97 Å². The Kier molecular flexibility index (Phi) is 8.57. The zero-order chi connectivity index (χ0) is 22.1. The second-order valence-electron chi connectivity index (χ2n) is 7.07. The number of hydrogen-bond acceptors (Lipinski definition) is 6. The molecule has 0 spiro atoms. The first kappa shape index (κ1) is 23.1. The number of halogens is 1. The Morgan fingerprint density at radius 2 is 2.00 bits per heavy atom. The van der Waals surface area contributed by atoms with E-state index in [1.807, 2.05) is 5.32 Å². The number of nitrogens with one attached hydrogen (secondary N) is 1. The molecular formula is C20H26FN3O6. The smallest absolute Gasteiger partial charge is 0.322 e. The molecule has 3 rings (SSSR count). The lowest BCUT2D eigenvalue weighted by atomic mass is 9.98. The van der Waals surface area contributed by atoms with Crippen LogP contribution in [-0.4, -0.2) is 64.1 Å². The number of aliphatic carboxylic acids is 1. The van der Waals surface area contributed by atoms with Crippen LogP contribution in [0.5, 0.6) is 5.88 Å². The van der Waals surface area contributed by atoms with E-state index in [2.05, 4.69) is 4.98 Å². The topological polar surface area (TPSA) is 129 Å². The maximum Gasteiger partial charge on any atom is 0.322 e. The summed E-state index contributed by atoms with van der Waals surface area (Å²) in [6.45, 7) is -0.257. The summed E-state index contributed by atoms with van der Waals surface area (Å²) in [7, 11) is 1.50. The molecule has 9 nitrogen and oxygen atoms in total. The molecule has 0 aromatic carbocycles. The quantitative estimate of drug-likeness (QED) is 0.616. The molecule has 1 aliphatic heterocycles. The molecule has 0 atom stereocenters. The minimum absolute atomic E-state index is 0.193. The van der Waals surface area contributed by atoms with Gasteiger partial charge in [0.05, 0.1) is 6.20 Å². The summed E-state index contributed by atoms with van der Waals surface area (Å²) in [5.74, 6) is -2.77. The van der Waals surface area contributed by atoms with Crippen LogP contribution < -0.4 is 10.1 Å². The summed E-state index contributed by atoms with van der Waals surface area (Å²) in [5.41, 5.74) is -0.380. The molecular weight excluding hydrogens is 397 g/mol. The fourth-order valence-corrected chi connectivity index (χ4v) is 3.07. The Morgan fingerprint density at radius 3 is 2.60 bits per heavy atom. The van der Waals surface area contributed by atoms with Gasteiger partial charge in [0, 0.05) is 26.1 Å². The molecule has 2 aliphatic rings. The van der Waals surface area contributed by atoms with Gasteiger partial charge in [-0.3, -0.25) is 14.4 Å². The highest BCUT2D eigenvalue weighted by atomic mass is 19.1. The fraction of sp³-hybridized carbons (Fsp3) is 0.500. The second-order valence-corrected chi connectivity index (χ2v) is 7.07. The van der Waals surface area contributed by atoms with Crippen molar-refractivity contribution >= 4 is 17.8 Å². The molecule has 10 heteroatoms. The van der Waals surface area contributed by atoms with Crippen LogP contribution in [0.25, 0.3) is 0 Å². The average molecular weight is 423 g/mol. The van der Waals surface area contributed by atoms with Crippen LogP contribution in [0, 0.1) is 5.82 Å². The van der Waals surface area contributed by atoms with Gasteiger partial charge in [0.25, 0.3) is 11.8 Å². The number of aliphatic hydroxyl groups excluding tert-OH is 1. The maximum absolute atomic E-state index is 12.5. The van der Waals surface area contributed by atoms with Gasteiger partial charge in [0.15, 0.2) is 0 Å². The number of nitrogens with zero attached hydrogens (tertiary/aromatic N) is 2. The standard InChI is InChI=1S/C11H14FNO.C9H12N2O5/c12-9-6-7-11(13-8-9)14-10-4-2-1-3-5-10;1-11-3-2-5(12)7(9(11)16)8(15)10-4-6(13)14/h6-8,10H,1-5H2;12H,2-4H2,1H3,(H,10,15)(H,13,14). The Labute approximate surface area is 173 Å². The molecule has 0 radical (unpaired) electrons. The number of carboxylic acids is 1. The third-order valence-electron chi connectivity index (χ3n) is 4.70. The first-order valence-corrected chi connectivity index (χ1v) is 9.73. The van der Waals surface area contributed by atoms with Crippen molar-refractivity contribution in [1.29, 1.82) is 0 Å². The van der Waals surface area contributed by atoms with Gasteiger partial charge in [-0.2, -0.15) is 0 Å². The number of carbonyl (C=O) groups excluding carboxylic acids is 2. The molecule has 1 saturated carbocycles. The van der Waals surface area contributed by atoms with E-state index < -0.39 is 24.3 Å². The molecule has 1 aromatic rings. The van der Waals surface area contributed by atoms with E-state index in [1.165, 1.54) is 43.5 Å². The summed E-state index contributed by atoms with van der Waals surface area (Å²) < 4.78 is 18.2. The van der Waals surface area contributed by atoms with Crippen LogP contribution in [0.4, 0.5) is 4.39 Å². The van der Waals surface area contributed by atoms with Crippen LogP contribution in [0.2, 0.25) is 0 Å². The Morgan fingerprint density at radius 1 is 1.30 bits per heavy atom. The lowest BCUT2D eigenvalue weighted by Gasteiger charge is -2.23. The third kappa shape index (κ3) is 7.02. The number of hydrogen-bond donors (Lipinski definition) is 3. The first-order valence-electron chi connectivity index (χ1n) is 9.73. The number of carboxylic acid groups (broad SMARTS) is 1. The monoisotopic (exact) mass is 423 g/mol. The van der Waals surface area contributed by atoms with Crippen LogP contribution in [0.15, 0.2) is 29.7 Å². The van der Waals surface area contributed by atoms with Crippen LogP contribution in [0.1, 0.15) is 38.5 Å². The lowest BCUT2D eigenvalue weighted by molar-refractivity contribution is -0.138.